The Morgan fingerprint density at radius 2 is 2.12 bits per heavy atom. The molecule has 0 aromatic heterocycles. The van der Waals surface area contributed by atoms with E-state index in [4.69, 9.17) is 10.5 Å². The van der Waals surface area contributed by atoms with Crippen molar-refractivity contribution in [3.63, 3.8) is 0 Å². The van der Waals surface area contributed by atoms with Gasteiger partial charge in [0.2, 0.25) is 0 Å². The summed E-state index contributed by atoms with van der Waals surface area (Å²) in [7, 11) is 0. The average molecular weight is 237 g/mol. The van der Waals surface area contributed by atoms with E-state index in [1.54, 1.807) is 0 Å². The molecular weight excluding hydrogens is 214 g/mol. The standard InChI is InChI=1S/C14H23NO2/c1-4-17-14-6-5-10(2)7-13(14)11(3)8-12(16)9-15/h5-7,11-12,16H,4,8-9,15H2,1-3H3. The number of ether oxygens (including phenoxy) is 1. The predicted octanol–water partition coefficient (Wildman–Crippen LogP) is 2.21. The molecule has 17 heavy (non-hydrogen) atoms. The molecule has 3 N–H and O–H groups in total. The van der Waals surface area contributed by atoms with Gasteiger partial charge < -0.3 is 15.6 Å². The zero-order valence-corrected chi connectivity index (χ0v) is 10.9. The number of aliphatic hydroxyl groups is 1. The summed E-state index contributed by atoms with van der Waals surface area (Å²) in [4.78, 5) is 0. The van der Waals surface area contributed by atoms with Gasteiger partial charge >= 0.3 is 0 Å². The van der Waals surface area contributed by atoms with Gasteiger partial charge in [0.1, 0.15) is 5.75 Å². The predicted molar refractivity (Wildman–Crippen MR) is 70.4 cm³/mol. The Hall–Kier alpha value is -1.06. The highest BCUT2D eigenvalue weighted by atomic mass is 16.5. The minimum atomic E-state index is -0.444. The molecule has 0 amide bonds. The van der Waals surface area contributed by atoms with E-state index in [9.17, 15) is 5.11 Å². The van der Waals surface area contributed by atoms with E-state index < -0.39 is 6.10 Å². The lowest BCUT2D eigenvalue weighted by molar-refractivity contribution is 0.164. The van der Waals surface area contributed by atoms with E-state index >= 15 is 0 Å². The molecule has 3 nitrogen and oxygen atoms in total. The first kappa shape index (κ1) is 14.0. The SMILES string of the molecule is CCOc1ccc(C)cc1C(C)CC(O)CN. The number of benzene rings is 1. The highest BCUT2D eigenvalue weighted by molar-refractivity contribution is 5.39. The van der Waals surface area contributed by atoms with Crippen LogP contribution in [0.2, 0.25) is 0 Å². The van der Waals surface area contributed by atoms with Crippen LogP contribution in [0.3, 0.4) is 0 Å². The fourth-order valence-electron chi connectivity index (χ4n) is 1.97. The van der Waals surface area contributed by atoms with Crippen LogP contribution >= 0.6 is 0 Å². The Labute approximate surface area is 104 Å². The minimum absolute atomic E-state index is 0.245. The Bertz CT molecular complexity index is 352. The fourth-order valence-corrected chi connectivity index (χ4v) is 1.97. The van der Waals surface area contributed by atoms with Gasteiger partial charge in [-0.3, -0.25) is 0 Å². The van der Waals surface area contributed by atoms with Gasteiger partial charge in [0.05, 0.1) is 12.7 Å². The molecule has 0 bridgehead atoms. The number of nitrogens with two attached hydrogens (primary N) is 1. The second-order valence-corrected chi connectivity index (χ2v) is 4.50. The van der Waals surface area contributed by atoms with Crippen LogP contribution in [0.1, 0.15) is 37.3 Å². The van der Waals surface area contributed by atoms with Crippen molar-refractivity contribution in [3.05, 3.63) is 29.3 Å². The molecule has 2 atom stereocenters. The van der Waals surface area contributed by atoms with Gasteiger partial charge in [-0.25, -0.2) is 0 Å². The second-order valence-electron chi connectivity index (χ2n) is 4.50. The lowest BCUT2D eigenvalue weighted by Gasteiger charge is -2.19. The van der Waals surface area contributed by atoms with E-state index in [1.165, 1.54) is 5.56 Å². The Balaban J connectivity index is 2.89. The van der Waals surface area contributed by atoms with Gasteiger partial charge in [-0.1, -0.05) is 24.6 Å². The van der Waals surface area contributed by atoms with Crippen LogP contribution in [0.4, 0.5) is 0 Å². The Morgan fingerprint density at radius 1 is 1.41 bits per heavy atom. The highest BCUT2D eigenvalue weighted by Crippen LogP contribution is 2.30. The minimum Gasteiger partial charge on any atom is -0.494 e. The van der Waals surface area contributed by atoms with Crippen LogP contribution in [0.15, 0.2) is 18.2 Å². The normalized spacial score (nSPS) is 14.4. The molecule has 0 aliphatic rings. The molecule has 0 saturated carbocycles. The molecule has 2 unspecified atom stereocenters. The number of aryl methyl sites for hydroxylation is 1. The van der Waals surface area contributed by atoms with E-state index in [1.807, 2.05) is 19.1 Å². The van der Waals surface area contributed by atoms with Crippen LogP contribution < -0.4 is 10.5 Å². The largest absolute Gasteiger partial charge is 0.494 e. The summed E-state index contributed by atoms with van der Waals surface area (Å²) in [6.45, 7) is 7.09. The number of hydrogen-bond donors (Lipinski definition) is 2. The van der Waals surface area contributed by atoms with Gasteiger partial charge in [-0.15, -0.1) is 0 Å². The zero-order valence-electron chi connectivity index (χ0n) is 10.9. The lowest BCUT2D eigenvalue weighted by atomic mass is 9.93. The molecule has 0 saturated heterocycles. The smallest absolute Gasteiger partial charge is 0.122 e. The lowest BCUT2D eigenvalue weighted by Crippen LogP contribution is -2.21. The summed E-state index contributed by atoms with van der Waals surface area (Å²) < 4.78 is 5.62. The first-order valence-corrected chi connectivity index (χ1v) is 6.20. The highest BCUT2D eigenvalue weighted by Gasteiger charge is 2.15. The summed E-state index contributed by atoms with van der Waals surface area (Å²) in [5.41, 5.74) is 7.80. The molecule has 0 heterocycles. The Kier molecular flexibility index (Phi) is 5.45. The maximum Gasteiger partial charge on any atom is 0.122 e. The molecule has 0 aliphatic carbocycles. The topological polar surface area (TPSA) is 55.5 Å². The van der Waals surface area contributed by atoms with Crippen molar-refractivity contribution in [3.8, 4) is 5.75 Å². The molecule has 1 rings (SSSR count). The van der Waals surface area contributed by atoms with Crippen LogP contribution in [-0.4, -0.2) is 24.4 Å². The van der Waals surface area contributed by atoms with Gasteiger partial charge in [0.25, 0.3) is 0 Å². The molecule has 96 valence electrons. The van der Waals surface area contributed by atoms with Crippen molar-refractivity contribution in [2.24, 2.45) is 5.73 Å². The monoisotopic (exact) mass is 237 g/mol. The van der Waals surface area contributed by atoms with Gasteiger partial charge in [-0.05, 0) is 37.8 Å². The van der Waals surface area contributed by atoms with Crippen molar-refractivity contribution < 1.29 is 9.84 Å². The molecule has 0 fully saturated rings. The third-order valence-corrected chi connectivity index (χ3v) is 2.89. The summed E-state index contributed by atoms with van der Waals surface area (Å²) in [6, 6.07) is 6.17. The summed E-state index contributed by atoms with van der Waals surface area (Å²) in [6.07, 6.45) is 0.222. The average Bonchev–Trinajstić information content (AvgIpc) is 2.31. The van der Waals surface area contributed by atoms with Crippen LogP contribution in [0.5, 0.6) is 5.75 Å². The second kappa shape index (κ2) is 6.62. The molecule has 0 radical (unpaired) electrons. The van der Waals surface area contributed by atoms with Gasteiger partial charge in [-0.2, -0.15) is 0 Å². The van der Waals surface area contributed by atoms with Crippen molar-refractivity contribution in [2.75, 3.05) is 13.2 Å². The van der Waals surface area contributed by atoms with Crippen LogP contribution in [0.25, 0.3) is 0 Å². The zero-order chi connectivity index (χ0) is 12.8. The van der Waals surface area contributed by atoms with Crippen molar-refractivity contribution in [2.45, 2.75) is 39.2 Å². The van der Waals surface area contributed by atoms with E-state index in [0.717, 1.165) is 11.3 Å². The number of hydrogen-bond acceptors (Lipinski definition) is 3. The van der Waals surface area contributed by atoms with E-state index in [2.05, 4.69) is 19.9 Å². The van der Waals surface area contributed by atoms with Crippen molar-refractivity contribution in [1.82, 2.24) is 0 Å². The molecule has 1 aromatic carbocycles. The molecular formula is C14H23NO2. The molecule has 0 aliphatic heterocycles. The summed E-state index contributed by atoms with van der Waals surface area (Å²) in [5, 5.41) is 9.61. The van der Waals surface area contributed by atoms with Crippen molar-refractivity contribution >= 4 is 0 Å². The number of rotatable bonds is 6. The third kappa shape index (κ3) is 4.02. The molecule has 3 heteroatoms. The summed E-state index contributed by atoms with van der Waals surface area (Å²) >= 11 is 0. The molecule has 0 spiro atoms. The maximum atomic E-state index is 9.61. The van der Waals surface area contributed by atoms with E-state index in [0.29, 0.717) is 19.6 Å². The first-order valence-electron chi connectivity index (χ1n) is 6.20. The van der Waals surface area contributed by atoms with Crippen molar-refractivity contribution in [1.29, 1.82) is 0 Å². The number of aliphatic hydroxyl groups excluding tert-OH is 1. The van der Waals surface area contributed by atoms with Gasteiger partial charge in [0, 0.05) is 6.54 Å². The summed E-state index contributed by atoms with van der Waals surface area (Å²) in [5.74, 6) is 1.16. The maximum absolute atomic E-state index is 9.61. The van der Waals surface area contributed by atoms with Gasteiger partial charge in [0.15, 0.2) is 0 Å². The fraction of sp³-hybridized carbons (Fsp3) is 0.571. The first-order chi connectivity index (χ1) is 8.08. The third-order valence-electron chi connectivity index (χ3n) is 2.89. The van der Waals surface area contributed by atoms with Crippen LogP contribution in [0, 0.1) is 6.92 Å². The van der Waals surface area contributed by atoms with Crippen LogP contribution in [-0.2, 0) is 0 Å². The quantitative estimate of drug-likeness (QED) is 0.797. The van der Waals surface area contributed by atoms with E-state index in [-0.39, 0.29) is 5.92 Å². The Morgan fingerprint density at radius 3 is 2.71 bits per heavy atom. The molecule has 1 aromatic rings.